The Bertz CT molecular complexity index is 1230. The molecule has 2 aliphatic heterocycles. The number of sulfonamides is 1. The molecule has 4 rings (SSSR count). The van der Waals surface area contributed by atoms with Crippen LogP contribution in [-0.2, 0) is 24.3 Å². The first kappa shape index (κ1) is 23.6. The van der Waals surface area contributed by atoms with Crippen LogP contribution in [0.5, 0.6) is 5.75 Å². The van der Waals surface area contributed by atoms with Gasteiger partial charge in [0, 0.05) is 19.2 Å². The Hall–Kier alpha value is -3.54. The molecule has 0 aliphatic carbocycles. The van der Waals surface area contributed by atoms with Crippen LogP contribution in [0.2, 0.25) is 0 Å². The van der Waals surface area contributed by atoms with Gasteiger partial charge >= 0.3 is 5.97 Å². The Morgan fingerprint density at radius 3 is 2.32 bits per heavy atom. The third kappa shape index (κ3) is 4.58. The molecule has 0 aromatic heterocycles. The standard InChI is InChI=1S/C23H22N2O8S/c1-31-19-8-6-16(14-20(19)34(29,30)24-10-12-32-13-11-24)7-9-21(26)33-15-25-22(27)17-4-2-3-5-18(17)23(25)28/h2-9,14H,10-13,15H2,1H3. The fourth-order valence-electron chi connectivity index (χ4n) is 3.62. The first-order valence-corrected chi connectivity index (χ1v) is 11.8. The number of morpholine rings is 1. The van der Waals surface area contributed by atoms with Crippen molar-refractivity contribution in [2.75, 3.05) is 40.1 Å². The Balaban J connectivity index is 1.44. The third-order valence-electron chi connectivity index (χ3n) is 5.40. The van der Waals surface area contributed by atoms with Crippen LogP contribution in [0, 0.1) is 0 Å². The van der Waals surface area contributed by atoms with Crippen molar-refractivity contribution in [2.45, 2.75) is 4.90 Å². The lowest BCUT2D eigenvalue weighted by molar-refractivity contribution is -0.140. The van der Waals surface area contributed by atoms with Gasteiger partial charge in [-0.05, 0) is 35.9 Å². The first-order valence-electron chi connectivity index (χ1n) is 10.4. The number of ether oxygens (including phenoxy) is 3. The maximum Gasteiger partial charge on any atom is 0.332 e. The van der Waals surface area contributed by atoms with E-state index < -0.39 is 34.5 Å². The molecular weight excluding hydrogens is 464 g/mol. The third-order valence-corrected chi connectivity index (χ3v) is 7.32. The van der Waals surface area contributed by atoms with E-state index in [1.165, 1.54) is 41.8 Å². The van der Waals surface area contributed by atoms with E-state index in [1.54, 1.807) is 18.2 Å². The van der Waals surface area contributed by atoms with Crippen LogP contribution < -0.4 is 4.74 Å². The van der Waals surface area contributed by atoms with Crippen molar-refractivity contribution in [1.82, 2.24) is 9.21 Å². The Labute approximate surface area is 196 Å². The SMILES string of the molecule is COc1ccc(C=CC(=O)OCN2C(=O)c3ccccc3C2=O)cc1S(=O)(=O)N1CCOCC1. The highest BCUT2D eigenvalue weighted by atomic mass is 32.2. The van der Waals surface area contributed by atoms with Crippen molar-refractivity contribution >= 4 is 33.9 Å². The summed E-state index contributed by atoms with van der Waals surface area (Å²) in [5.74, 6) is -1.70. The molecule has 0 saturated carbocycles. The molecule has 10 nitrogen and oxygen atoms in total. The van der Waals surface area contributed by atoms with Crippen LogP contribution in [0.1, 0.15) is 26.3 Å². The van der Waals surface area contributed by atoms with Crippen LogP contribution in [-0.4, -0.2) is 75.6 Å². The van der Waals surface area contributed by atoms with Gasteiger partial charge in [0.2, 0.25) is 10.0 Å². The number of benzene rings is 2. The summed E-state index contributed by atoms with van der Waals surface area (Å²) in [6.45, 7) is 0.542. The molecule has 1 saturated heterocycles. The zero-order chi connectivity index (χ0) is 24.3. The van der Waals surface area contributed by atoms with Crippen LogP contribution in [0.4, 0.5) is 0 Å². The number of carbonyl (C=O) groups is 3. The Morgan fingerprint density at radius 1 is 1.06 bits per heavy atom. The normalized spacial score (nSPS) is 16.7. The summed E-state index contributed by atoms with van der Waals surface area (Å²) in [5, 5.41) is 0. The van der Waals surface area contributed by atoms with Crippen molar-refractivity contribution in [3.8, 4) is 5.75 Å². The number of hydrogen-bond acceptors (Lipinski definition) is 8. The molecule has 0 atom stereocenters. The van der Waals surface area contributed by atoms with Crippen LogP contribution >= 0.6 is 0 Å². The summed E-state index contributed by atoms with van der Waals surface area (Å²) in [4.78, 5) is 37.7. The fraction of sp³-hybridized carbons (Fsp3) is 0.261. The number of fused-ring (bicyclic) bond motifs is 1. The van der Waals surface area contributed by atoms with E-state index in [1.807, 2.05) is 0 Å². The van der Waals surface area contributed by atoms with E-state index in [0.29, 0.717) is 18.8 Å². The molecule has 0 spiro atoms. The predicted octanol–water partition coefficient (Wildman–Crippen LogP) is 1.53. The van der Waals surface area contributed by atoms with Gasteiger partial charge in [-0.15, -0.1) is 0 Å². The second-order valence-electron chi connectivity index (χ2n) is 7.44. The summed E-state index contributed by atoms with van der Waals surface area (Å²) >= 11 is 0. The van der Waals surface area contributed by atoms with Crippen LogP contribution in [0.3, 0.4) is 0 Å². The molecule has 2 heterocycles. The molecule has 11 heteroatoms. The number of rotatable bonds is 7. The highest BCUT2D eigenvalue weighted by Gasteiger charge is 2.35. The minimum atomic E-state index is -3.83. The maximum absolute atomic E-state index is 13.1. The van der Waals surface area contributed by atoms with Gasteiger partial charge < -0.3 is 14.2 Å². The smallest absolute Gasteiger partial charge is 0.332 e. The average Bonchev–Trinajstić information content (AvgIpc) is 3.11. The number of methoxy groups -OCH3 is 1. The minimum absolute atomic E-state index is 0.0292. The molecule has 0 bridgehead atoms. The number of imide groups is 1. The van der Waals surface area contributed by atoms with Crippen molar-refractivity contribution in [3.05, 3.63) is 65.2 Å². The number of nitrogens with zero attached hydrogens (tertiary/aromatic N) is 2. The highest BCUT2D eigenvalue weighted by Crippen LogP contribution is 2.29. The molecular formula is C23H22N2O8S. The molecule has 0 N–H and O–H groups in total. The summed E-state index contributed by atoms with van der Waals surface area (Å²) in [6, 6.07) is 10.8. The number of amides is 2. The minimum Gasteiger partial charge on any atom is -0.495 e. The molecule has 2 amide bonds. The lowest BCUT2D eigenvalue weighted by Gasteiger charge is -2.26. The Morgan fingerprint density at radius 2 is 1.71 bits per heavy atom. The summed E-state index contributed by atoms with van der Waals surface area (Å²) in [5.41, 5.74) is 0.933. The van der Waals surface area contributed by atoms with E-state index >= 15 is 0 Å². The summed E-state index contributed by atoms with van der Waals surface area (Å²) in [7, 11) is -2.45. The van der Waals surface area contributed by atoms with E-state index in [-0.39, 0.29) is 34.9 Å². The largest absolute Gasteiger partial charge is 0.495 e. The topological polar surface area (TPSA) is 120 Å². The first-order chi connectivity index (χ1) is 16.3. The molecule has 2 aromatic rings. The van der Waals surface area contributed by atoms with E-state index in [4.69, 9.17) is 14.2 Å². The van der Waals surface area contributed by atoms with Gasteiger partial charge in [0.25, 0.3) is 11.8 Å². The summed E-state index contributed by atoms with van der Waals surface area (Å²) in [6.07, 6.45) is 2.47. The quantitative estimate of drug-likeness (QED) is 0.328. The van der Waals surface area contributed by atoms with Crippen molar-refractivity contribution in [2.24, 2.45) is 0 Å². The highest BCUT2D eigenvalue weighted by molar-refractivity contribution is 7.89. The number of esters is 1. The molecule has 0 radical (unpaired) electrons. The van der Waals surface area contributed by atoms with Crippen molar-refractivity contribution in [1.29, 1.82) is 0 Å². The second kappa shape index (κ2) is 9.75. The Kier molecular flexibility index (Phi) is 6.77. The van der Waals surface area contributed by atoms with Gasteiger partial charge in [0.05, 0.1) is 31.5 Å². The molecule has 178 valence electrons. The monoisotopic (exact) mass is 486 g/mol. The lowest BCUT2D eigenvalue weighted by Crippen LogP contribution is -2.40. The van der Waals surface area contributed by atoms with Crippen molar-refractivity contribution in [3.63, 3.8) is 0 Å². The van der Waals surface area contributed by atoms with E-state index in [9.17, 15) is 22.8 Å². The van der Waals surface area contributed by atoms with Gasteiger partial charge in [0.15, 0.2) is 6.73 Å². The van der Waals surface area contributed by atoms with Crippen LogP contribution in [0.25, 0.3) is 6.08 Å². The maximum atomic E-state index is 13.1. The molecule has 2 aromatic carbocycles. The average molecular weight is 487 g/mol. The van der Waals surface area contributed by atoms with E-state index in [2.05, 4.69) is 0 Å². The molecule has 0 unspecified atom stereocenters. The zero-order valence-electron chi connectivity index (χ0n) is 18.3. The van der Waals surface area contributed by atoms with Gasteiger partial charge in [-0.25, -0.2) is 18.1 Å². The van der Waals surface area contributed by atoms with Crippen molar-refractivity contribution < 1.29 is 37.0 Å². The second-order valence-corrected chi connectivity index (χ2v) is 9.34. The van der Waals surface area contributed by atoms with Gasteiger partial charge in [-0.2, -0.15) is 4.31 Å². The van der Waals surface area contributed by atoms with Crippen LogP contribution in [0.15, 0.2) is 53.4 Å². The lowest BCUT2D eigenvalue weighted by atomic mass is 10.1. The predicted molar refractivity (Wildman–Crippen MR) is 120 cm³/mol. The van der Waals surface area contributed by atoms with E-state index in [0.717, 1.165) is 11.0 Å². The summed E-state index contributed by atoms with van der Waals surface area (Å²) < 4.78 is 42.9. The number of hydrogen-bond donors (Lipinski definition) is 0. The fourth-order valence-corrected chi connectivity index (χ4v) is 5.22. The van der Waals surface area contributed by atoms with Gasteiger partial charge in [-0.3, -0.25) is 9.59 Å². The zero-order valence-corrected chi connectivity index (χ0v) is 19.1. The molecule has 1 fully saturated rings. The molecule has 2 aliphatic rings. The number of carbonyl (C=O) groups excluding carboxylic acids is 3. The van der Waals surface area contributed by atoms with Gasteiger partial charge in [0.1, 0.15) is 10.6 Å². The van der Waals surface area contributed by atoms with Gasteiger partial charge in [-0.1, -0.05) is 18.2 Å². The molecule has 34 heavy (non-hydrogen) atoms.